The lowest BCUT2D eigenvalue weighted by Crippen LogP contribution is -2.33. The fourth-order valence-electron chi connectivity index (χ4n) is 3.69. The third kappa shape index (κ3) is 2.97. The van der Waals surface area contributed by atoms with Gasteiger partial charge in [0.1, 0.15) is 24.6 Å². The second-order valence-electron chi connectivity index (χ2n) is 6.75. The van der Waals surface area contributed by atoms with Gasteiger partial charge in [-0.15, -0.1) is 0 Å². The maximum Gasteiger partial charge on any atom is 0.167 e. The third-order valence-corrected chi connectivity index (χ3v) is 5.10. The van der Waals surface area contributed by atoms with Crippen molar-refractivity contribution >= 4 is 17.0 Å². The van der Waals surface area contributed by atoms with E-state index in [1.807, 2.05) is 0 Å². The molecule has 2 aromatic rings. The van der Waals surface area contributed by atoms with E-state index in [-0.39, 0.29) is 6.61 Å². The summed E-state index contributed by atoms with van der Waals surface area (Å²) in [7, 11) is 0. The quantitative estimate of drug-likeness (QED) is 0.616. The number of rotatable bonds is 4. The molecule has 0 aromatic carbocycles. The van der Waals surface area contributed by atoms with Gasteiger partial charge in [0.05, 0.1) is 12.9 Å². The normalized spacial score (nSPS) is 30.8. The standard InChI is InChI=1S/C16H23N5O4/c22-6-10-12(23)13(24)16(25-10)21-8-19-11-14(17-7-18-15(11)21)20-9-4-2-1-3-5-9/h7-10,12-13,16,22-24H,1-6H2,(H,17,18,20)/t10-,12+,13-,16-/m1/s1. The van der Waals surface area contributed by atoms with E-state index < -0.39 is 24.5 Å². The van der Waals surface area contributed by atoms with Crippen molar-refractivity contribution in [2.75, 3.05) is 11.9 Å². The van der Waals surface area contributed by atoms with Gasteiger partial charge >= 0.3 is 0 Å². The van der Waals surface area contributed by atoms with Crippen LogP contribution in [0, 0.1) is 0 Å². The summed E-state index contributed by atoms with van der Waals surface area (Å²) in [5.74, 6) is 0.669. The van der Waals surface area contributed by atoms with Crippen LogP contribution >= 0.6 is 0 Å². The number of anilines is 1. The van der Waals surface area contributed by atoms with Crippen molar-refractivity contribution in [1.29, 1.82) is 0 Å². The molecule has 2 fully saturated rings. The number of fused-ring (bicyclic) bond motifs is 1. The van der Waals surface area contributed by atoms with Gasteiger partial charge in [-0.25, -0.2) is 15.0 Å². The molecule has 0 amide bonds. The molecule has 0 radical (unpaired) electrons. The van der Waals surface area contributed by atoms with Gasteiger partial charge < -0.3 is 25.4 Å². The molecule has 25 heavy (non-hydrogen) atoms. The highest BCUT2D eigenvalue weighted by Gasteiger charge is 2.44. The van der Waals surface area contributed by atoms with Crippen LogP contribution in [0.4, 0.5) is 5.82 Å². The summed E-state index contributed by atoms with van der Waals surface area (Å²) in [4.78, 5) is 13.0. The number of aromatic nitrogens is 4. The lowest BCUT2D eigenvalue weighted by Gasteiger charge is -2.23. The highest BCUT2D eigenvalue weighted by molar-refractivity contribution is 5.82. The number of aliphatic hydroxyl groups excluding tert-OH is 3. The number of nitrogens with one attached hydrogen (secondary N) is 1. The van der Waals surface area contributed by atoms with Crippen molar-refractivity contribution in [3.8, 4) is 0 Å². The summed E-state index contributed by atoms with van der Waals surface area (Å²) >= 11 is 0. The van der Waals surface area contributed by atoms with E-state index in [2.05, 4.69) is 20.3 Å². The molecule has 2 aliphatic rings. The van der Waals surface area contributed by atoms with Crippen LogP contribution in [0.2, 0.25) is 0 Å². The molecule has 0 unspecified atom stereocenters. The molecular formula is C16H23N5O4. The lowest BCUT2D eigenvalue weighted by atomic mass is 9.95. The summed E-state index contributed by atoms with van der Waals surface area (Å²) < 4.78 is 7.15. The second-order valence-corrected chi connectivity index (χ2v) is 6.75. The number of imidazole rings is 1. The molecule has 3 heterocycles. The molecule has 9 heteroatoms. The van der Waals surface area contributed by atoms with Gasteiger partial charge in [-0.3, -0.25) is 4.57 Å². The van der Waals surface area contributed by atoms with E-state index >= 15 is 0 Å². The zero-order chi connectivity index (χ0) is 17.4. The molecule has 136 valence electrons. The number of hydrogen-bond donors (Lipinski definition) is 4. The summed E-state index contributed by atoms with van der Waals surface area (Å²) in [5, 5.41) is 32.9. The van der Waals surface area contributed by atoms with Gasteiger partial charge in [-0.2, -0.15) is 0 Å². The van der Waals surface area contributed by atoms with Crippen LogP contribution in [0.15, 0.2) is 12.7 Å². The third-order valence-electron chi connectivity index (χ3n) is 5.10. The van der Waals surface area contributed by atoms with Gasteiger partial charge in [-0.05, 0) is 12.8 Å². The minimum Gasteiger partial charge on any atom is -0.394 e. The number of ether oxygens (including phenoxy) is 1. The smallest absolute Gasteiger partial charge is 0.167 e. The number of hydrogen-bond acceptors (Lipinski definition) is 8. The first-order valence-corrected chi connectivity index (χ1v) is 8.75. The van der Waals surface area contributed by atoms with Gasteiger partial charge in [-0.1, -0.05) is 19.3 Å². The van der Waals surface area contributed by atoms with Crippen molar-refractivity contribution in [3.63, 3.8) is 0 Å². The molecule has 0 spiro atoms. The van der Waals surface area contributed by atoms with Gasteiger partial charge in [0.2, 0.25) is 0 Å². The zero-order valence-electron chi connectivity index (χ0n) is 13.8. The topological polar surface area (TPSA) is 126 Å². The average molecular weight is 349 g/mol. The average Bonchev–Trinajstić information content (AvgIpc) is 3.18. The number of nitrogens with zero attached hydrogens (tertiary/aromatic N) is 4. The minimum absolute atomic E-state index is 0.370. The van der Waals surface area contributed by atoms with E-state index in [4.69, 9.17) is 4.74 Å². The predicted octanol–water partition coefficient (Wildman–Crippen LogP) is 0.182. The van der Waals surface area contributed by atoms with E-state index in [1.54, 1.807) is 4.57 Å². The van der Waals surface area contributed by atoms with E-state index in [0.717, 1.165) is 12.8 Å². The molecule has 2 aromatic heterocycles. The first-order chi connectivity index (χ1) is 12.2. The van der Waals surface area contributed by atoms with Crippen LogP contribution < -0.4 is 5.32 Å². The molecule has 4 atom stereocenters. The van der Waals surface area contributed by atoms with Crippen LogP contribution in [0.25, 0.3) is 11.2 Å². The summed E-state index contributed by atoms with van der Waals surface area (Å²) in [6.45, 7) is -0.370. The van der Waals surface area contributed by atoms with Gasteiger partial charge in [0.25, 0.3) is 0 Å². The summed E-state index contributed by atoms with van der Waals surface area (Å²) in [6.07, 6.45) is 4.88. The van der Waals surface area contributed by atoms with Crippen molar-refractivity contribution in [3.05, 3.63) is 12.7 Å². The van der Waals surface area contributed by atoms with Crippen molar-refractivity contribution < 1.29 is 20.1 Å². The molecule has 1 saturated carbocycles. The maximum absolute atomic E-state index is 10.2. The summed E-state index contributed by atoms with van der Waals surface area (Å²) in [5.41, 5.74) is 1.12. The molecule has 4 N–H and O–H groups in total. The van der Waals surface area contributed by atoms with Crippen LogP contribution in [-0.4, -0.2) is 65.8 Å². The largest absolute Gasteiger partial charge is 0.394 e. The fraction of sp³-hybridized carbons (Fsp3) is 0.688. The van der Waals surface area contributed by atoms with E-state index in [9.17, 15) is 15.3 Å². The Kier molecular flexibility index (Phi) is 4.55. The first-order valence-electron chi connectivity index (χ1n) is 8.75. The molecule has 1 aliphatic carbocycles. The van der Waals surface area contributed by atoms with Gasteiger partial charge in [0.15, 0.2) is 23.2 Å². The molecule has 1 aliphatic heterocycles. The van der Waals surface area contributed by atoms with Crippen LogP contribution in [0.1, 0.15) is 38.3 Å². The maximum atomic E-state index is 10.2. The van der Waals surface area contributed by atoms with E-state index in [1.165, 1.54) is 31.9 Å². The predicted molar refractivity (Wildman–Crippen MR) is 88.8 cm³/mol. The van der Waals surface area contributed by atoms with Crippen LogP contribution in [-0.2, 0) is 4.74 Å². The van der Waals surface area contributed by atoms with Crippen molar-refractivity contribution in [2.45, 2.75) is 62.7 Å². The van der Waals surface area contributed by atoms with Crippen molar-refractivity contribution in [2.24, 2.45) is 0 Å². The Morgan fingerprint density at radius 3 is 2.64 bits per heavy atom. The number of aliphatic hydroxyl groups is 3. The van der Waals surface area contributed by atoms with Crippen LogP contribution in [0.5, 0.6) is 0 Å². The minimum atomic E-state index is -1.17. The molecule has 1 saturated heterocycles. The zero-order valence-corrected chi connectivity index (χ0v) is 13.8. The molecular weight excluding hydrogens is 326 g/mol. The Labute approximate surface area is 144 Å². The Balaban J connectivity index is 1.62. The van der Waals surface area contributed by atoms with Crippen LogP contribution in [0.3, 0.4) is 0 Å². The van der Waals surface area contributed by atoms with Gasteiger partial charge in [0, 0.05) is 6.04 Å². The van der Waals surface area contributed by atoms with Crippen molar-refractivity contribution in [1.82, 2.24) is 19.5 Å². The Morgan fingerprint density at radius 2 is 1.92 bits per heavy atom. The van der Waals surface area contributed by atoms with E-state index in [0.29, 0.717) is 23.0 Å². The Bertz CT molecular complexity index is 732. The second kappa shape index (κ2) is 6.83. The highest BCUT2D eigenvalue weighted by atomic mass is 16.6. The molecule has 0 bridgehead atoms. The molecule has 4 rings (SSSR count). The monoisotopic (exact) mass is 349 g/mol. The lowest BCUT2D eigenvalue weighted by molar-refractivity contribution is -0.0511. The summed E-state index contributed by atoms with van der Waals surface area (Å²) in [6, 6.07) is 0.380. The highest BCUT2D eigenvalue weighted by Crippen LogP contribution is 2.32. The fourth-order valence-corrected chi connectivity index (χ4v) is 3.69. The Morgan fingerprint density at radius 1 is 1.12 bits per heavy atom. The Hall–Kier alpha value is -1.81. The first kappa shape index (κ1) is 16.6. The SMILES string of the molecule is OC[C@H]1O[C@@H](n2cnc3c(NC4CCCCC4)ncnc32)[C@H](O)[C@H]1O. The molecule has 9 nitrogen and oxygen atoms in total.